The highest BCUT2D eigenvalue weighted by atomic mass is 16.4. The fourth-order valence-corrected chi connectivity index (χ4v) is 2.05. The summed E-state index contributed by atoms with van der Waals surface area (Å²) in [5, 5.41) is 9.24. The molecule has 0 aliphatic rings. The number of aromatic carboxylic acids is 1. The quantitative estimate of drug-likeness (QED) is 0.761. The number of hydrogen-bond acceptors (Lipinski definition) is 3. The van der Waals surface area contributed by atoms with Crippen LogP contribution in [0.2, 0.25) is 0 Å². The maximum Gasteiger partial charge on any atom is 0.356 e. The van der Waals surface area contributed by atoms with Crippen LogP contribution in [0.1, 0.15) is 16.1 Å². The molecule has 19 heavy (non-hydrogen) atoms. The molecule has 3 heterocycles. The Morgan fingerprint density at radius 3 is 2.89 bits per heavy atom. The molecule has 0 spiro atoms. The lowest BCUT2D eigenvalue weighted by molar-refractivity contribution is 0.0693. The van der Waals surface area contributed by atoms with Crippen molar-refractivity contribution in [2.24, 2.45) is 0 Å². The highest BCUT2D eigenvalue weighted by Gasteiger charge is 2.17. The fourth-order valence-electron chi connectivity index (χ4n) is 2.05. The van der Waals surface area contributed by atoms with Crippen molar-refractivity contribution in [1.82, 2.24) is 14.4 Å². The maximum absolute atomic E-state index is 11.3. The summed E-state index contributed by atoms with van der Waals surface area (Å²) in [5.41, 5.74) is 2.43. The zero-order valence-electron chi connectivity index (χ0n) is 10.2. The molecule has 0 bridgehead atoms. The topological polar surface area (TPSA) is 67.5 Å². The minimum absolute atomic E-state index is 0.0579. The standard InChI is InChI=1S/C14H11N3O2/c1-9-4-6-17-11(7-9)12(14(18)19)16-13(17)10-3-2-5-15-8-10/h2-8H,1H3,(H,18,19). The van der Waals surface area contributed by atoms with Gasteiger partial charge in [0.1, 0.15) is 5.82 Å². The lowest BCUT2D eigenvalue weighted by atomic mass is 10.2. The first-order valence-corrected chi connectivity index (χ1v) is 5.79. The number of aryl methyl sites for hydroxylation is 1. The summed E-state index contributed by atoms with van der Waals surface area (Å²) >= 11 is 0. The second-order valence-corrected chi connectivity index (χ2v) is 4.29. The molecule has 1 N–H and O–H groups in total. The molecule has 5 nitrogen and oxygen atoms in total. The van der Waals surface area contributed by atoms with E-state index in [2.05, 4.69) is 9.97 Å². The lowest BCUT2D eigenvalue weighted by Gasteiger charge is -2.01. The van der Waals surface area contributed by atoms with Crippen LogP contribution in [0.3, 0.4) is 0 Å². The number of hydrogen-bond donors (Lipinski definition) is 1. The largest absolute Gasteiger partial charge is 0.476 e. The molecule has 5 heteroatoms. The van der Waals surface area contributed by atoms with Crippen LogP contribution in [0.15, 0.2) is 42.9 Å². The third-order valence-corrected chi connectivity index (χ3v) is 2.92. The normalized spacial score (nSPS) is 10.8. The molecule has 0 saturated heterocycles. The van der Waals surface area contributed by atoms with Crippen molar-refractivity contribution in [1.29, 1.82) is 0 Å². The summed E-state index contributed by atoms with van der Waals surface area (Å²) in [4.78, 5) is 19.5. The van der Waals surface area contributed by atoms with Crippen LogP contribution in [0, 0.1) is 6.92 Å². The number of carbonyl (C=O) groups is 1. The van der Waals surface area contributed by atoms with Crippen molar-refractivity contribution < 1.29 is 9.90 Å². The third-order valence-electron chi connectivity index (χ3n) is 2.92. The Kier molecular flexibility index (Phi) is 2.52. The van der Waals surface area contributed by atoms with Gasteiger partial charge in [0.2, 0.25) is 0 Å². The Labute approximate surface area is 109 Å². The van der Waals surface area contributed by atoms with Crippen molar-refractivity contribution in [3.63, 3.8) is 0 Å². The Morgan fingerprint density at radius 2 is 2.21 bits per heavy atom. The minimum atomic E-state index is -1.03. The first-order valence-electron chi connectivity index (χ1n) is 5.79. The van der Waals surface area contributed by atoms with Gasteiger partial charge >= 0.3 is 5.97 Å². The van der Waals surface area contributed by atoms with Crippen molar-refractivity contribution >= 4 is 11.5 Å². The number of carboxylic acids is 1. The predicted molar refractivity (Wildman–Crippen MR) is 70.1 cm³/mol. The van der Waals surface area contributed by atoms with Crippen molar-refractivity contribution in [3.8, 4) is 11.4 Å². The summed E-state index contributed by atoms with van der Waals surface area (Å²) in [7, 11) is 0. The van der Waals surface area contributed by atoms with Gasteiger partial charge in [0.25, 0.3) is 0 Å². The number of fused-ring (bicyclic) bond motifs is 1. The van der Waals surface area contributed by atoms with Crippen LogP contribution in [0.5, 0.6) is 0 Å². The van der Waals surface area contributed by atoms with Gasteiger partial charge in [-0.25, -0.2) is 9.78 Å². The van der Waals surface area contributed by atoms with E-state index in [1.165, 1.54) is 0 Å². The first-order chi connectivity index (χ1) is 9.16. The minimum Gasteiger partial charge on any atom is -0.476 e. The van der Waals surface area contributed by atoms with E-state index in [9.17, 15) is 9.90 Å². The number of imidazole rings is 1. The van der Waals surface area contributed by atoms with Crippen molar-refractivity contribution in [2.75, 3.05) is 0 Å². The van der Waals surface area contributed by atoms with Crippen LogP contribution in [0.4, 0.5) is 0 Å². The second-order valence-electron chi connectivity index (χ2n) is 4.29. The third kappa shape index (κ3) is 1.85. The summed E-state index contributed by atoms with van der Waals surface area (Å²) in [6.45, 7) is 1.92. The molecule has 3 aromatic rings. The van der Waals surface area contributed by atoms with E-state index in [4.69, 9.17) is 0 Å². The Hall–Kier alpha value is -2.69. The molecule has 3 rings (SSSR count). The number of rotatable bonds is 2. The number of aromatic nitrogens is 3. The number of nitrogens with zero attached hydrogens (tertiary/aromatic N) is 3. The molecule has 0 atom stereocenters. The first kappa shape index (κ1) is 11.4. The van der Waals surface area contributed by atoms with Gasteiger partial charge in [0, 0.05) is 24.2 Å². The Balaban J connectivity index is 2.35. The maximum atomic E-state index is 11.3. The van der Waals surface area contributed by atoms with Gasteiger partial charge in [-0.15, -0.1) is 0 Å². The molecule has 0 aliphatic carbocycles. The van der Waals surface area contributed by atoms with Gasteiger partial charge in [-0.1, -0.05) is 0 Å². The highest BCUT2D eigenvalue weighted by Crippen LogP contribution is 2.22. The van der Waals surface area contributed by atoms with Crippen LogP contribution in [-0.2, 0) is 0 Å². The van der Waals surface area contributed by atoms with Gasteiger partial charge in [-0.3, -0.25) is 9.38 Å². The van der Waals surface area contributed by atoms with Gasteiger partial charge in [0.05, 0.1) is 5.52 Å². The van der Waals surface area contributed by atoms with Crippen LogP contribution in [-0.4, -0.2) is 25.4 Å². The summed E-state index contributed by atoms with van der Waals surface area (Å²) in [6.07, 6.45) is 5.16. The van der Waals surface area contributed by atoms with Gasteiger partial charge in [0.15, 0.2) is 5.69 Å². The molecule has 0 fully saturated rings. The van der Waals surface area contributed by atoms with E-state index in [1.807, 2.05) is 31.3 Å². The van der Waals surface area contributed by atoms with Crippen LogP contribution in [0.25, 0.3) is 16.9 Å². The number of carboxylic acid groups (broad SMARTS) is 1. The fraction of sp³-hybridized carbons (Fsp3) is 0.0714. The Bertz CT molecular complexity index is 763. The van der Waals surface area contributed by atoms with Crippen molar-refractivity contribution in [2.45, 2.75) is 6.92 Å². The Morgan fingerprint density at radius 1 is 1.37 bits per heavy atom. The lowest BCUT2D eigenvalue weighted by Crippen LogP contribution is -1.97. The average molecular weight is 253 g/mol. The van der Waals surface area contributed by atoms with Crippen LogP contribution < -0.4 is 0 Å². The van der Waals surface area contributed by atoms with E-state index in [1.54, 1.807) is 22.9 Å². The monoisotopic (exact) mass is 253 g/mol. The van der Waals surface area contributed by atoms with E-state index < -0.39 is 5.97 Å². The molecule has 0 amide bonds. The smallest absolute Gasteiger partial charge is 0.356 e. The summed E-state index contributed by atoms with van der Waals surface area (Å²) < 4.78 is 1.77. The van der Waals surface area contributed by atoms with Crippen LogP contribution >= 0.6 is 0 Å². The van der Waals surface area contributed by atoms with E-state index in [0.717, 1.165) is 11.1 Å². The molecule has 0 saturated carbocycles. The molecular formula is C14H11N3O2. The molecule has 0 aliphatic heterocycles. The summed E-state index contributed by atoms with van der Waals surface area (Å²) in [5.74, 6) is -0.446. The number of pyridine rings is 2. The predicted octanol–water partition coefficient (Wildman–Crippen LogP) is 2.40. The van der Waals surface area contributed by atoms with Gasteiger partial charge in [-0.05, 0) is 36.8 Å². The SMILES string of the molecule is Cc1ccn2c(-c3cccnc3)nc(C(=O)O)c2c1. The molecule has 0 unspecified atom stereocenters. The molecule has 94 valence electrons. The molecule has 0 aromatic carbocycles. The zero-order chi connectivity index (χ0) is 13.4. The van der Waals surface area contributed by atoms with E-state index in [0.29, 0.717) is 11.3 Å². The molecule has 0 radical (unpaired) electrons. The van der Waals surface area contributed by atoms with Crippen molar-refractivity contribution in [3.05, 3.63) is 54.1 Å². The molecular weight excluding hydrogens is 242 g/mol. The second kappa shape index (κ2) is 4.20. The highest BCUT2D eigenvalue weighted by molar-refractivity contribution is 5.95. The van der Waals surface area contributed by atoms with Gasteiger partial charge in [-0.2, -0.15) is 0 Å². The zero-order valence-corrected chi connectivity index (χ0v) is 10.2. The average Bonchev–Trinajstić information content (AvgIpc) is 2.78. The van der Waals surface area contributed by atoms with Gasteiger partial charge < -0.3 is 5.11 Å². The van der Waals surface area contributed by atoms with E-state index >= 15 is 0 Å². The van der Waals surface area contributed by atoms with E-state index in [-0.39, 0.29) is 5.69 Å². The summed E-state index contributed by atoms with van der Waals surface area (Å²) in [6, 6.07) is 7.38. The molecule has 3 aromatic heterocycles.